The van der Waals surface area contributed by atoms with Crippen molar-refractivity contribution in [2.24, 2.45) is 0 Å². The van der Waals surface area contributed by atoms with Crippen LogP contribution in [0.15, 0.2) is 11.5 Å². The second-order valence-electron chi connectivity index (χ2n) is 2.11. The minimum atomic E-state index is -3.95. The van der Waals surface area contributed by atoms with Gasteiger partial charge in [0.1, 0.15) is 0 Å². The van der Waals surface area contributed by atoms with Crippen LogP contribution in [0.5, 0.6) is 0 Å². The SMILES string of the molecule is O=S(=O)(O)C=CCCCCO. The fraction of sp³-hybridized carbons (Fsp3) is 0.667. The first-order valence-corrected chi connectivity index (χ1v) is 4.81. The average Bonchev–Trinajstić information content (AvgIpc) is 1.85. The molecule has 0 saturated carbocycles. The molecule has 0 amide bonds. The number of unbranched alkanes of at least 4 members (excludes halogenated alkanes) is 2. The van der Waals surface area contributed by atoms with E-state index in [1.54, 1.807) is 0 Å². The molecule has 0 aromatic heterocycles. The van der Waals surface area contributed by atoms with Crippen LogP contribution in [0, 0.1) is 0 Å². The first-order valence-electron chi connectivity index (χ1n) is 3.31. The van der Waals surface area contributed by atoms with Gasteiger partial charge < -0.3 is 5.11 Å². The van der Waals surface area contributed by atoms with E-state index >= 15 is 0 Å². The largest absolute Gasteiger partial charge is 0.396 e. The Morgan fingerprint density at radius 3 is 2.36 bits per heavy atom. The topological polar surface area (TPSA) is 74.6 Å². The van der Waals surface area contributed by atoms with Crippen molar-refractivity contribution in [2.75, 3.05) is 6.61 Å². The van der Waals surface area contributed by atoms with Crippen LogP contribution >= 0.6 is 0 Å². The molecule has 0 aromatic carbocycles. The van der Waals surface area contributed by atoms with E-state index in [-0.39, 0.29) is 6.61 Å². The van der Waals surface area contributed by atoms with E-state index in [4.69, 9.17) is 9.66 Å². The van der Waals surface area contributed by atoms with Gasteiger partial charge in [-0.15, -0.1) is 0 Å². The lowest BCUT2D eigenvalue weighted by atomic mass is 10.2. The van der Waals surface area contributed by atoms with Crippen molar-refractivity contribution >= 4 is 10.1 Å². The molecule has 66 valence electrons. The van der Waals surface area contributed by atoms with E-state index in [1.807, 2.05) is 0 Å². The Labute approximate surface area is 66.3 Å². The fourth-order valence-electron chi connectivity index (χ4n) is 0.564. The van der Waals surface area contributed by atoms with Crippen molar-refractivity contribution in [3.8, 4) is 0 Å². The number of allylic oxidation sites excluding steroid dienone is 1. The predicted molar refractivity (Wildman–Crippen MR) is 41.6 cm³/mol. The van der Waals surface area contributed by atoms with Crippen LogP contribution in [-0.4, -0.2) is 24.7 Å². The van der Waals surface area contributed by atoms with Crippen LogP contribution < -0.4 is 0 Å². The third-order valence-electron chi connectivity index (χ3n) is 1.05. The van der Waals surface area contributed by atoms with Crippen LogP contribution in [0.4, 0.5) is 0 Å². The standard InChI is InChI=1S/C6H12O4S/c7-5-3-1-2-4-6-11(8,9)10/h4,6-7H,1-3,5H2,(H,8,9,10). The summed E-state index contributed by atoms with van der Waals surface area (Å²) in [5, 5.41) is 9.09. The molecule has 0 unspecified atom stereocenters. The highest BCUT2D eigenvalue weighted by molar-refractivity contribution is 7.88. The number of rotatable bonds is 5. The van der Waals surface area contributed by atoms with E-state index in [0.29, 0.717) is 12.8 Å². The lowest BCUT2D eigenvalue weighted by Gasteiger charge is -1.89. The van der Waals surface area contributed by atoms with Crippen molar-refractivity contribution < 1.29 is 18.1 Å². The van der Waals surface area contributed by atoms with Gasteiger partial charge in [0.05, 0.1) is 5.41 Å². The summed E-state index contributed by atoms with van der Waals surface area (Å²) in [6, 6.07) is 0. The molecule has 5 heteroatoms. The lowest BCUT2D eigenvalue weighted by molar-refractivity contribution is 0.285. The molecule has 11 heavy (non-hydrogen) atoms. The summed E-state index contributed by atoms with van der Waals surface area (Å²) in [5.41, 5.74) is 0. The molecule has 0 radical (unpaired) electrons. The van der Waals surface area contributed by atoms with Crippen LogP contribution in [0.3, 0.4) is 0 Å². The number of aliphatic hydroxyl groups is 1. The van der Waals surface area contributed by atoms with Gasteiger partial charge in [-0.2, -0.15) is 8.42 Å². The van der Waals surface area contributed by atoms with Gasteiger partial charge in [-0.25, -0.2) is 0 Å². The van der Waals surface area contributed by atoms with Crippen molar-refractivity contribution in [3.05, 3.63) is 11.5 Å². The highest BCUT2D eigenvalue weighted by Gasteiger charge is 1.93. The quantitative estimate of drug-likeness (QED) is 0.478. The molecule has 0 aromatic rings. The third-order valence-corrected chi connectivity index (χ3v) is 1.58. The molecule has 0 bridgehead atoms. The molecule has 4 nitrogen and oxygen atoms in total. The zero-order chi connectivity index (χ0) is 8.74. The van der Waals surface area contributed by atoms with E-state index in [1.165, 1.54) is 6.08 Å². The third kappa shape index (κ3) is 9.61. The van der Waals surface area contributed by atoms with Gasteiger partial charge in [-0.05, 0) is 19.3 Å². The summed E-state index contributed by atoms with van der Waals surface area (Å²) in [5.74, 6) is 0. The Balaban J connectivity index is 3.46. The maximum atomic E-state index is 10.1. The molecule has 0 aliphatic carbocycles. The van der Waals surface area contributed by atoms with E-state index < -0.39 is 10.1 Å². The monoisotopic (exact) mass is 180 g/mol. The van der Waals surface area contributed by atoms with E-state index in [9.17, 15) is 8.42 Å². The van der Waals surface area contributed by atoms with Gasteiger partial charge in [-0.1, -0.05) is 6.08 Å². The minimum absolute atomic E-state index is 0.111. The molecule has 2 N–H and O–H groups in total. The Bertz CT molecular complexity index is 205. The summed E-state index contributed by atoms with van der Waals surface area (Å²) < 4.78 is 28.4. The van der Waals surface area contributed by atoms with E-state index in [2.05, 4.69) is 0 Å². The number of hydrogen-bond donors (Lipinski definition) is 2. The number of aliphatic hydroxyl groups excluding tert-OH is 1. The van der Waals surface area contributed by atoms with Crippen molar-refractivity contribution in [3.63, 3.8) is 0 Å². The Morgan fingerprint density at radius 1 is 1.27 bits per heavy atom. The fourth-order valence-corrected chi connectivity index (χ4v) is 0.943. The number of hydrogen-bond acceptors (Lipinski definition) is 3. The molecule has 0 saturated heterocycles. The van der Waals surface area contributed by atoms with Crippen molar-refractivity contribution in [1.82, 2.24) is 0 Å². The van der Waals surface area contributed by atoms with Gasteiger partial charge in [0.2, 0.25) is 0 Å². The average molecular weight is 180 g/mol. The van der Waals surface area contributed by atoms with Gasteiger partial charge in [-0.3, -0.25) is 4.55 Å². The highest BCUT2D eigenvalue weighted by atomic mass is 32.2. The van der Waals surface area contributed by atoms with Crippen LogP contribution in [0.1, 0.15) is 19.3 Å². The summed E-state index contributed by atoms with van der Waals surface area (Å²) >= 11 is 0. The maximum absolute atomic E-state index is 10.1. The second kappa shape index (κ2) is 5.29. The molecule has 0 aliphatic heterocycles. The molecule has 0 fully saturated rings. The Morgan fingerprint density at radius 2 is 1.91 bits per heavy atom. The van der Waals surface area contributed by atoms with Crippen molar-refractivity contribution in [2.45, 2.75) is 19.3 Å². The molecule has 0 spiro atoms. The highest BCUT2D eigenvalue weighted by Crippen LogP contribution is 1.96. The molecular formula is C6H12O4S. The van der Waals surface area contributed by atoms with Gasteiger partial charge >= 0.3 is 0 Å². The molecule has 0 heterocycles. The lowest BCUT2D eigenvalue weighted by Crippen LogP contribution is -1.89. The van der Waals surface area contributed by atoms with Crippen LogP contribution in [0.2, 0.25) is 0 Å². The second-order valence-corrected chi connectivity index (χ2v) is 3.41. The van der Waals surface area contributed by atoms with Crippen molar-refractivity contribution in [1.29, 1.82) is 0 Å². The predicted octanol–water partition coefficient (Wildman–Crippen LogP) is 0.550. The van der Waals surface area contributed by atoms with Crippen LogP contribution in [0.25, 0.3) is 0 Å². The van der Waals surface area contributed by atoms with Gasteiger partial charge in [0.15, 0.2) is 0 Å². The molecule has 0 rings (SSSR count). The summed E-state index contributed by atoms with van der Waals surface area (Å²) in [6.45, 7) is 0.111. The molecule has 0 aliphatic rings. The minimum Gasteiger partial charge on any atom is -0.396 e. The van der Waals surface area contributed by atoms with E-state index in [0.717, 1.165) is 11.8 Å². The zero-order valence-electron chi connectivity index (χ0n) is 6.10. The summed E-state index contributed by atoms with van der Waals surface area (Å²) in [4.78, 5) is 0. The Kier molecular flexibility index (Phi) is 5.10. The van der Waals surface area contributed by atoms with Gasteiger partial charge in [0, 0.05) is 6.61 Å². The zero-order valence-corrected chi connectivity index (χ0v) is 6.92. The summed E-state index contributed by atoms with van der Waals surface area (Å²) in [6.07, 6.45) is 3.30. The smallest absolute Gasteiger partial charge is 0.287 e. The maximum Gasteiger partial charge on any atom is 0.287 e. The first-order chi connectivity index (χ1) is 5.06. The first kappa shape index (κ1) is 10.6. The van der Waals surface area contributed by atoms with Gasteiger partial charge in [0.25, 0.3) is 10.1 Å². The molecule has 0 atom stereocenters. The van der Waals surface area contributed by atoms with Crippen LogP contribution in [-0.2, 0) is 10.1 Å². The Hall–Kier alpha value is -0.390. The molecular weight excluding hydrogens is 168 g/mol. The normalized spacial score (nSPS) is 12.5. The summed E-state index contributed by atoms with van der Waals surface area (Å²) in [7, 11) is -3.95.